The van der Waals surface area contributed by atoms with E-state index >= 15 is 0 Å². The summed E-state index contributed by atoms with van der Waals surface area (Å²) >= 11 is 11.5. The zero-order valence-corrected chi connectivity index (χ0v) is 12.5. The molecule has 0 N–H and O–H groups in total. The van der Waals surface area contributed by atoms with Crippen LogP contribution in [0.4, 0.5) is 8.78 Å². The first kappa shape index (κ1) is 16.0. The Kier molecular flexibility index (Phi) is 5.76. The van der Waals surface area contributed by atoms with Gasteiger partial charge in [0.25, 0.3) is 0 Å². The molecule has 0 aliphatic rings. The maximum absolute atomic E-state index is 12.4. The van der Waals surface area contributed by atoms with E-state index in [0.29, 0.717) is 16.5 Å². The van der Waals surface area contributed by atoms with Crippen LogP contribution in [0.5, 0.6) is 5.75 Å². The molecule has 0 fully saturated rings. The van der Waals surface area contributed by atoms with Crippen molar-refractivity contribution in [1.29, 1.82) is 0 Å². The molecule has 8 heteroatoms. The third-order valence-electron chi connectivity index (χ3n) is 2.72. The Bertz CT molecular complexity index is 593. The lowest BCUT2D eigenvalue weighted by atomic mass is 10.2. The van der Waals surface area contributed by atoms with Gasteiger partial charge in [-0.15, -0.1) is 16.7 Å². The summed E-state index contributed by atoms with van der Waals surface area (Å²) < 4.78 is 30.8. The summed E-state index contributed by atoms with van der Waals surface area (Å²) in [7, 11) is 0. The van der Waals surface area contributed by atoms with E-state index in [4.69, 9.17) is 23.2 Å². The largest absolute Gasteiger partial charge is 0.434 e. The van der Waals surface area contributed by atoms with Gasteiger partial charge in [0.15, 0.2) is 0 Å². The lowest BCUT2D eigenvalue weighted by Crippen LogP contribution is -2.07. The maximum atomic E-state index is 12.4. The highest BCUT2D eigenvalue weighted by atomic mass is 35.5. The number of alkyl halides is 3. The molecule has 0 aliphatic carbocycles. The number of nitrogens with zero attached hydrogens (tertiary/aromatic N) is 3. The van der Waals surface area contributed by atoms with Gasteiger partial charge in [-0.05, 0) is 31.0 Å². The number of hydrogen-bond acceptors (Lipinski definition) is 3. The molecule has 1 heterocycles. The Morgan fingerprint density at radius 2 is 2.14 bits per heavy atom. The van der Waals surface area contributed by atoms with Crippen molar-refractivity contribution in [2.24, 2.45) is 0 Å². The van der Waals surface area contributed by atoms with Crippen LogP contribution >= 0.6 is 23.2 Å². The number of ether oxygens (including phenoxy) is 1. The average Bonchev–Trinajstić information content (AvgIpc) is 2.87. The Morgan fingerprint density at radius 1 is 1.33 bits per heavy atom. The molecule has 0 aliphatic heterocycles. The van der Waals surface area contributed by atoms with E-state index in [0.717, 1.165) is 18.5 Å². The van der Waals surface area contributed by atoms with E-state index in [1.165, 1.54) is 12.1 Å². The molecule has 4 nitrogen and oxygen atoms in total. The van der Waals surface area contributed by atoms with Crippen molar-refractivity contribution in [3.05, 3.63) is 40.7 Å². The van der Waals surface area contributed by atoms with Crippen LogP contribution in [-0.4, -0.2) is 27.5 Å². The van der Waals surface area contributed by atoms with Gasteiger partial charge in [0.05, 0.1) is 12.2 Å². The average molecular weight is 336 g/mol. The van der Waals surface area contributed by atoms with Crippen molar-refractivity contribution in [2.45, 2.75) is 26.0 Å². The van der Waals surface area contributed by atoms with Crippen molar-refractivity contribution in [3.63, 3.8) is 0 Å². The summed E-state index contributed by atoms with van der Waals surface area (Å²) in [6.45, 7) is -2.64. The van der Waals surface area contributed by atoms with Gasteiger partial charge in [0.2, 0.25) is 0 Å². The van der Waals surface area contributed by atoms with E-state index in [1.54, 1.807) is 16.9 Å². The molecule has 114 valence electrons. The van der Waals surface area contributed by atoms with Gasteiger partial charge in [-0.25, -0.2) is 4.68 Å². The smallest absolute Gasteiger partial charge is 0.387 e. The number of rotatable bonds is 7. The van der Waals surface area contributed by atoms with E-state index < -0.39 is 6.61 Å². The molecule has 0 spiro atoms. The fourth-order valence-electron chi connectivity index (χ4n) is 1.84. The monoisotopic (exact) mass is 335 g/mol. The molecule has 0 unspecified atom stereocenters. The quantitative estimate of drug-likeness (QED) is 0.723. The Balaban J connectivity index is 2.14. The zero-order valence-electron chi connectivity index (χ0n) is 11.0. The molecule has 21 heavy (non-hydrogen) atoms. The predicted octanol–water partition coefficient (Wildman–Crippen LogP) is 3.75. The van der Waals surface area contributed by atoms with E-state index in [2.05, 4.69) is 15.0 Å². The second-order valence-corrected chi connectivity index (χ2v) is 5.14. The predicted molar refractivity (Wildman–Crippen MR) is 76.2 cm³/mol. The Labute approximate surface area is 130 Å². The highest BCUT2D eigenvalue weighted by Gasteiger charge is 2.11. The number of aryl methyl sites for hydroxylation is 1. The topological polar surface area (TPSA) is 39.9 Å². The van der Waals surface area contributed by atoms with Crippen molar-refractivity contribution >= 4 is 23.2 Å². The molecule has 0 saturated carbocycles. The molecular weight excluding hydrogens is 323 g/mol. The normalized spacial score (nSPS) is 11.1. The van der Waals surface area contributed by atoms with Crippen molar-refractivity contribution in [3.8, 4) is 5.75 Å². The second kappa shape index (κ2) is 7.56. The van der Waals surface area contributed by atoms with Crippen LogP contribution in [0.1, 0.15) is 17.7 Å². The van der Waals surface area contributed by atoms with Crippen LogP contribution in [0.3, 0.4) is 0 Å². The van der Waals surface area contributed by atoms with Crippen molar-refractivity contribution in [1.82, 2.24) is 15.0 Å². The molecule has 0 saturated heterocycles. The summed E-state index contributed by atoms with van der Waals surface area (Å²) in [6.07, 6.45) is 3.27. The highest BCUT2D eigenvalue weighted by Crippen LogP contribution is 2.25. The van der Waals surface area contributed by atoms with Crippen LogP contribution in [0.2, 0.25) is 5.02 Å². The zero-order chi connectivity index (χ0) is 15.2. The molecule has 0 radical (unpaired) electrons. The van der Waals surface area contributed by atoms with Crippen LogP contribution in [0, 0.1) is 0 Å². The highest BCUT2D eigenvalue weighted by molar-refractivity contribution is 6.30. The second-order valence-electron chi connectivity index (χ2n) is 4.33. The van der Waals surface area contributed by atoms with Crippen LogP contribution in [0.15, 0.2) is 24.4 Å². The van der Waals surface area contributed by atoms with Crippen LogP contribution in [-0.2, 0) is 13.0 Å². The number of benzene rings is 1. The standard InChI is InChI=1S/C13H13Cl2F2N3O/c14-5-1-2-11-8-20(19-18-11)7-9-6-10(15)3-4-12(9)21-13(16)17/h3-4,6,8,13H,1-2,5,7H2. The molecule has 0 bridgehead atoms. The molecule has 2 rings (SSSR count). The van der Waals surface area contributed by atoms with E-state index in [9.17, 15) is 8.78 Å². The fourth-order valence-corrected chi connectivity index (χ4v) is 2.16. The van der Waals surface area contributed by atoms with Crippen LogP contribution in [0.25, 0.3) is 0 Å². The third kappa shape index (κ3) is 4.82. The van der Waals surface area contributed by atoms with Gasteiger partial charge < -0.3 is 4.74 Å². The number of hydrogen-bond donors (Lipinski definition) is 0. The Hall–Kier alpha value is -1.40. The van der Waals surface area contributed by atoms with Crippen LogP contribution < -0.4 is 4.74 Å². The van der Waals surface area contributed by atoms with Gasteiger partial charge in [0.1, 0.15) is 5.75 Å². The molecule has 1 aromatic heterocycles. The molecule has 2 aromatic rings. The molecule has 0 amide bonds. The minimum Gasteiger partial charge on any atom is -0.434 e. The minimum absolute atomic E-state index is 0.0761. The van der Waals surface area contributed by atoms with Crippen molar-refractivity contribution in [2.75, 3.05) is 5.88 Å². The van der Waals surface area contributed by atoms with Gasteiger partial charge in [-0.3, -0.25) is 0 Å². The first-order chi connectivity index (χ1) is 10.1. The lowest BCUT2D eigenvalue weighted by Gasteiger charge is -2.10. The third-order valence-corrected chi connectivity index (χ3v) is 3.23. The van der Waals surface area contributed by atoms with Gasteiger partial charge in [-0.1, -0.05) is 16.8 Å². The summed E-state index contributed by atoms with van der Waals surface area (Å²) in [5.74, 6) is 0.625. The van der Waals surface area contributed by atoms with Crippen molar-refractivity contribution < 1.29 is 13.5 Å². The summed E-state index contributed by atoms with van der Waals surface area (Å²) in [6, 6.07) is 4.48. The first-order valence-electron chi connectivity index (χ1n) is 6.26. The van der Waals surface area contributed by atoms with Gasteiger partial charge in [0, 0.05) is 22.7 Å². The lowest BCUT2D eigenvalue weighted by molar-refractivity contribution is -0.0505. The van der Waals surface area contributed by atoms with E-state index in [-0.39, 0.29) is 12.3 Å². The summed E-state index contributed by atoms with van der Waals surface area (Å²) in [5, 5.41) is 8.39. The number of aromatic nitrogens is 3. The SMILES string of the molecule is FC(F)Oc1ccc(Cl)cc1Cn1cc(CCCCl)nn1. The molecule has 1 aromatic carbocycles. The summed E-state index contributed by atoms with van der Waals surface area (Å²) in [5.41, 5.74) is 1.31. The number of halogens is 4. The summed E-state index contributed by atoms with van der Waals surface area (Å²) in [4.78, 5) is 0. The fraction of sp³-hybridized carbons (Fsp3) is 0.385. The first-order valence-corrected chi connectivity index (χ1v) is 7.18. The van der Waals surface area contributed by atoms with Gasteiger partial charge >= 0.3 is 6.61 Å². The molecular formula is C13H13Cl2F2N3O. The Morgan fingerprint density at radius 3 is 2.86 bits per heavy atom. The minimum atomic E-state index is -2.89. The molecule has 0 atom stereocenters. The van der Waals surface area contributed by atoms with Gasteiger partial charge in [-0.2, -0.15) is 8.78 Å². The maximum Gasteiger partial charge on any atom is 0.387 e. The van der Waals surface area contributed by atoms with E-state index in [1.807, 2.05) is 0 Å².